The van der Waals surface area contributed by atoms with E-state index in [4.69, 9.17) is 4.74 Å². The van der Waals surface area contributed by atoms with Gasteiger partial charge in [-0.2, -0.15) is 13.2 Å². The molecule has 0 radical (unpaired) electrons. The SMILES string of the molecule is CC(C)c1ccc(C(=O)OCC(=O)NCc2cccc(C(F)(F)F)c2)cc1. The highest BCUT2D eigenvalue weighted by molar-refractivity contribution is 5.91. The molecule has 2 rings (SSSR count). The number of benzene rings is 2. The quantitative estimate of drug-likeness (QED) is 0.762. The first-order chi connectivity index (χ1) is 12.7. The molecule has 0 saturated carbocycles. The van der Waals surface area contributed by atoms with Crippen LogP contribution in [0.1, 0.15) is 46.8 Å². The first-order valence-corrected chi connectivity index (χ1v) is 8.36. The Bertz CT molecular complexity index is 799. The minimum atomic E-state index is -4.44. The fraction of sp³-hybridized carbons (Fsp3) is 0.300. The fourth-order valence-electron chi connectivity index (χ4n) is 2.33. The average Bonchev–Trinajstić information content (AvgIpc) is 2.64. The maximum Gasteiger partial charge on any atom is 0.416 e. The summed E-state index contributed by atoms with van der Waals surface area (Å²) in [4.78, 5) is 23.7. The average molecular weight is 379 g/mol. The molecule has 0 aliphatic carbocycles. The molecule has 0 aromatic heterocycles. The standard InChI is InChI=1S/C20H20F3NO3/c1-13(2)15-6-8-16(9-7-15)19(26)27-12-18(25)24-11-14-4-3-5-17(10-14)20(21,22)23/h3-10,13H,11-12H2,1-2H3,(H,24,25). The van der Waals surface area contributed by atoms with Gasteiger partial charge in [0.15, 0.2) is 6.61 Å². The summed E-state index contributed by atoms with van der Waals surface area (Å²) < 4.78 is 42.9. The fourth-order valence-corrected chi connectivity index (χ4v) is 2.33. The van der Waals surface area contributed by atoms with E-state index in [9.17, 15) is 22.8 Å². The smallest absolute Gasteiger partial charge is 0.416 e. The largest absolute Gasteiger partial charge is 0.452 e. The molecule has 27 heavy (non-hydrogen) atoms. The summed E-state index contributed by atoms with van der Waals surface area (Å²) in [6.07, 6.45) is -4.44. The van der Waals surface area contributed by atoms with Crippen LogP contribution >= 0.6 is 0 Å². The molecular formula is C20H20F3NO3. The summed E-state index contributed by atoms with van der Waals surface area (Å²) >= 11 is 0. The van der Waals surface area contributed by atoms with E-state index in [1.54, 1.807) is 12.1 Å². The highest BCUT2D eigenvalue weighted by Gasteiger charge is 2.30. The summed E-state index contributed by atoms with van der Waals surface area (Å²) in [6.45, 7) is 3.46. The van der Waals surface area contributed by atoms with Crippen molar-refractivity contribution >= 4 is 11.9 Å². The van der Waals surface area contributed by atoms with Crippen LogP contribution in [0.4, 0.5) is 13.2 Å². The molecule has 0 heterocycles. The van der Waals surface area contributed by atoms with Crippen molar-refractivity contribution in [3.8, 4) is 0 Å². The van der Waals surface area contributed by atoms with E-state index < -0.39 is 30.2 Å². The number of hydrogen-bond acceptors (Lipinski definition) is 3. The highest BCUT2D eigenvalue weighted by atomic mass is 19.4. The Morgan fingerprint density at radius 1 is 1.07 bits per heavy atom. The molecule has 2 aromatic rings. The maximum atomic E-state index is 12.7. The number of ether oxygens (including phenoxy) is 1. The van der Waals surface area contributed by atoms with E-state index in [0.717, 1.165) is 17.7 Å². The Morgan fingerprint density at radius 2 is 1.74 bits per heavy atom. The van der Waals surface area contributed by atoms with Gasteiger partial charge in [-0.05, 0) is 41.3 Å². The van der Waals surface area contributed by atoms with Crippen LogP contribution < -0.4 is 5.32 Å². The van der Waals surface area contributed by atoms with Gasteiger partial charge < -0.3 is 10.1 Å². The van der Waals surface area contributed by atoms with Crippen LogP contribution in [0, 0.1) is 0 Å². The van der Waals surface area contributed by atoms with Crippen LogP contribution in [0.5, 0.6) is 0 Å². The van der Waals surface area contributed by atoms with Crippen LogP contribution in [0.25, 0.3) is 0 Å². The van der Waals surface area contributed by atoms with Crippen LogP contribution in [-0.4, -0.2) is 18.5 Å². The van der Waals surface area contributed by atoms with E-state index in [-0.39, 0.29) is 6.54 Å². The van der Waals surface area contributed by atoms with Crippen molar-refractivity contribution in [3.63, 3.8) is 0 Å². The molecule has 1 N–H and O–H groups in total. The van der Waals surface area contributed by atoms with Crippen molar-refractivity contribution < 1.29 is 27.5 Å². The Balaban J connectivity index is 1.83. The lowest BCUT2D eigenvalue weighted by atomic mass is 10.0. The number of halogens is 3. The van der Waals surface area contributed by atoms with Gasteiger partial charge in [-0.25, -0.2) is 4.79 Å². The number of nitrogens with one attached hydrogen (secondary N) is 1. The summed E-state index contributed by atoms with van der Waals surface area (Å²) in [5.74, 6) is -0.907. The molecule has 4 nitrogen and oxygen atoms in total. The molecular weight excluding hydrogens is 359 g/mol. The number of rotatable bonds is 6. The second-order valence-electron chi connectivity index (χ2n) is 6.33. The van der Waals surface area contributed by atoms with E-state index in [1.807, 2.05) is 26.0 Å². The lowest BCUT2D eigenvalue weighted by Crippen LogP contribution is -2.28. The molecule has 0 atom stereocenters. The van der Waals surface area contributed by atoms with Crippen molar-refractivity contribution in [3.05, 3.63) is 70.8 Å². The van der Waals surface area contributed by atoms with Gasteiger partial charge in [0, 0.05) is 6.54 Å². The number of esters is 1. The van der Waals surface area contributed by atoms with E-state index in [1.165, 1.54) is 12.1 Å². The molecule has 0 unspecified atom stereocenters. The number of carbonyl (C=O) groups is 2. The van der Waals surface area contributed by atoms with Gasteiger partial charge in [0.25, 0.3) is 5.91 Å². The zero-order valence-electron chi connectivity index (χ0n) is 15.0. The summed E-state index contributed by atoms with van der Waals surface area (Å²) in [5.41, 5.74) is 0.912. The van der Waals surface area contributed by atoms with Crippen LogP contribution in [0.15, 0.2) is 48.5 Å². The van der Waals surface area contributed by atoms with E-state index in [2.05, 4.69) is 5.32 Å². The minimum Gasteiger partial charge on any atom is -0.452 e. The number of alkyl halides is 3. The minimum absolute atomic E-state index is 0.0939. The van der Waals surface area contributed by atoms with Crippen molar-refractivity contribution in [2.45, 2.75) is 32.5 Å². The van der Waals surface area contributed by atoms with Crippen molar-refractivity contribution in [1.82, 2.24) is 5.32 Å². The first-order valence-electron chi connectivity index (χ1n) is 8.36. The molecule has 7 heteroatoms. The molecule has 0 saturated heterocycles. The molecule has 0 fully saturated rings. The van der Waals surface area contributed by atoms with Gasteiger partial charge in [-0.15, -0.1) is 0 Å². The van der Waals surface area contributed by atoms with Gasteiger partial charge in [-0.3, -0.25) is 4.79 Å². The van der Waals surface area contributed by atoms with E-state index >= 15 is 0 Å². The molecule has 2 aromatic carbocycles. The topological polar surface area (TPSA) is 55.4 Å². The van der Waals surface area contributed by atoms with Gasteiger partial charge in [0.05, 0.1) is 11.1 Å². The number of amides is 1. The lowest BCUT2D eigenvalue weighted by molar-refractivity contribution is -0.137. The van der Waals surface area contributed by atoms with Gasteiger partial charge in [0.2, 0.25) is 0 Å². The molecule has 0 bridgehead atoms. The Morgan fingerprint density at radius 3 is 2.33 bits per heavy atom. The third-order valence-corrected chi connectivity index (χ3v) is 3.89. The van der Waals surface area contributed by atoms with Crippen LogP contribution in [-0.2, 0) is 22.3 Å². The van der Waals surface area contributed by atoms with Crippen molar-refractivity contribution in [2.75, 3.05) is 6.61 Å². The summed E-state index contributed by atoms with van der Waals surface area (Å²) in [6, 6.07) is 11.5. The van der Waals surface area contributed by atoms with E-state index in [0.29, 0.717) is 17.0 Å². The second kappa shape index (κ2) is 8.70. The lowest BCUT2D eigenvalue weighted by Gasteiger charge is -2.10. The predicted molar refractivity (Wildman–Crippen MR) is 94.1 cm³/mol. The van der Waals surface area contributed by atoms with Gasteiger partial charge in [-0.1, -0.05) is 38.1 Å². The molecule has 1 amide bonds. The van der Waals surface area contributed by atoms with Crippen molar-refractivity contribution in [1.29, 1.82) is 0 Å². The third kappa shape index (κ3) is 6.13. The van der Waals surface area contributed by atoms with Crippen LogP contribution in [0.2, 0.25) is 0 Å². The van der Waals surface area contributed by atoms with Gasteiger partial charge >= 0.3 is 12.1 Å². The molecule has 0 aliphatic heterocycles. The number of carbonyl (C=O) groups excluding carboxylic acids is 2. The summed E-state index contributed by atoms with van der Waals surface area (Å²) in [5, 5.41) is 2.42. The molecule has 0 aliphatic rings. The van der Waals surface area contributed by atoms with Crippen molar-refractivity contribution in [2.24, 2.45) is 0 Å². The maximum absolute atomic E-state index is 12.7. The first kappa shape index (κ1) is 20.5. The zero-order valence-corrected chi connectivity index (χ0v) is 15.0. The highest BCUT2D eigenvalue weighted by Crippen LogP contribution is 2.29. The third-order valence-electron chi connectivity index (χ3n) is 3.89. The predicted octanol–water partition coefficient (Wildman–Crippen LogP) is 4.30. The molecule has 0 spiro atoms. The van der Waals surface area contributed by atoms with Crippen LogP contribution in [0.3, 0.4) is 0 Å². The Kier molecular flexibility index (Phi) is 6.60. The zero-order chi connectivity index (χ0) is 20.0. The number of hydrogen-bond donors (Lipinski definition) is 1. The molecule has 144 valence electrons. The Labute approximate surface area is 155 Å². The monoisotopic (exact) mass is 379 g/mol. The Hall–Kier alpha value is -2.83. The van der Waals surface area contributed by atoms with Gasteiger partial charge in [0.1, 0.15) is 0 Å². The summed E-state index contributed by atoms with van der Waals surface area (Å²) in [7, 11) is 0. The second-order valence-corrected chi connectivity index (χ2v) is 6.33. The normalized spacial score (nSPS) is 11.3.